The van der Waals surface area contributed by atoms with Crippen LogP contribution in [-0.2, 0) is 4.79 Å². The lowest BCUT2D eigenvalue weighted by Gasteiger charge is -2.28. The normalized spacial score (nSPS) is 25.4. The lowest BCUT2D eigenvalue weighted by Crippen LogP contribution is -2.45. The van der Waals surface area contributed by atoms with Crippen molar-refractivity contribution in [3.63, 3.8) is 0 Å². The molecule has 1 heterocycles. The van der Waals surface area contributed by atoms with Crippen LogP contribution in [0.1, 0.15) is 50.1 Å². The van der Waals surface area contributed by atoms with Gasteiger partial charge in [-0.1, -0.05) is 6.07 Å². The van der Waals surface area contributed by atoms with Crippen LogP contribution in [0, 0.1) is 11.8 Å². The SMILES string of the molecule is O=C(NC1CCC(C(=O)O)CC1)NC(c1cccnc1)C1CC1. The van der Waals surface area contributed by atoms with Gasteiger partial charge in [-0.05, 0) is 56.1 Å². The lowest BCUT2D eigenvalue weighted by molar-refractivity contribution is -0.142. The van der Waals surface area contributed by atoms with Crippen molar-refractivity contribution in [3.8, 4) is 0 Å². The summed E-state index contributed by atoms with van der Waals surface area (Å²) < 4.78 is 0. The standard InChI is InChI=1S/C17H23N3O3/c21-16(22)12-5-7-14(8-6-12)19-17(23)20-15(11-3-4-11)13-2-1-9-18-10-13/h1-2,9-12,14-15H,3-8H2,(H,21,22)(H2,19,20,23). The molecule has 0 aliphatic heterocycles. The first-order chi connectivity index (χ1) is 11.1. The summed E-state index contributed by atoms with van der Waals surface area (Å²) in [6.45, 7) is 0. The van der Waals surface area contributed by atoms with Crippen LogP contribution in [-0.4, -0.2) is 28.1 Å². The molecule has 1 aromatic heterocycles. The number of aliphatic carboxylic acids is 1. The molecule has 23 heavy (non-hydrogen) atoms. The third-order valence-corrected chi connectivity index (χ3v) is 4.84. The van der Waals surface area contributed by atoms with Gasteiger partial charge in [0.25, 0.3) is 0 Å². The van der Waals surface area contributed by atoms with Crippen molar-refractivity contribution in [2.24, 2.45) is 11.8 Å². The number of rotatable bonds is 5. The smallest absolute Gasteiger partial charge is 0.315 e. The average Bonchev–Trinajstić information content (AvgIpc) is 3.39. The minimum absolute atomic E-state index is 0.0130. The number of carboxylic acid groups (broad SMARTS) is 1. The molecule has 6 heteroatoms. The van der Waals surface area contributed by atoms with Crippen molar-refractivity contribution in [1.82, 2.24) is 15.6 Å². The Labute approximate surface area is 135 Å². The van der Waals surface area contributed by atoms with Crippen LogP contribution in [0.5, 0.6) is 0 Å². The number of aromatic nitrogens is 1. The highest BCUT2D eigenvalue weighted by Crippen LogP contribution is 2.40. The Morgan fingerprint density at radius 2 is 1.91 bits per heavy atom. The molecule has 1 aromatic rings. The van der Waals surface area contributed by atoms with Crippen molar-refractivity contribution < 1.29 is 14.7 Å². The molecule has 2 amide bonds. The van der Waals surface area contributed by atoms with Gasteiger partial charge in [0.2, 0.25) is 0 Å². The fourth-order valence-electron chi connectivity index (χ4n) is 3.32. The van der Waals surface area contributed by atoms with Crippen LogP contribution in [0.2, 0.25) is 0 Å². The second kappa shape index (κ2) is 6.98. The van der Waals surface area contributed by atoms with E-state index in [9.17, 15) is 9.59 Å². The summed E-state index contributed by atoms with van der Waals surface area (Å²) in [5.74, 6) is -0.489. The van der Waals surface area contributed by atoms with Crippen molar-refractivity contribution >= 4 is 12.0 Å². The molecule has 1 unspecified atom stereocenters. The summed E-state index contributed by atoms with van der Waals surface area (Å²) in [6.07, 6.45) is 8.52. The molecule has 0 saturated heterocycles. The van der Waals surface area contributed by atoms with Crippen molar-refractivity contribution in [2.75, 3.05) is 0 Å². The Balaban J connectivity index is 1.51. The molecule has 2 saturated carbocycles. The van der Waals surface area contributed by atoms with Gasteiger partial charge in [0, 0.05) is 18.4 Å². The molecule has 0 spiro atoms. The third-order valence-electron chi connectivity index (χ3n) is 4.84. The van der Waals surface area contributed by atoms with Gasteiger partial charge in [0.15, 0.2) is 0 Å². The first kappa shape index (κ1) is 15.8. The first-order valence-electron chi connectivity index (χ1n) is 8.33. The van der Waals surface area contributed by atoms with E-state index in [0.29, 0.717) is 18.8 Å². The number of carbonyl (C=O) groups is 2. The van der Waals surface area contributed by atoms with Crippen LogP contribution < -0.4 is 10.6 Å². The molecule has 2 fully saturated rings. The molecular formula is C17H23N3O3. The first-order valence-corrected chi connectivity index (χ1v) is 8.33. The van der Waals surface area contributed by atoms with Gasteiger partial charge in [-0.3, -0.25) is 9.78 Å². The summed E-state index contributed by atoms with van der Waals surface area (Å²) in [5.41, 5.74) is 1.04. The molecule has 1 atom stereocenters. The Bertz CT molecular complexity index is 551. The number of nitrogens with one attached hydrogen (secondary N) is 2. The molecule has 0 bridgehead atoms. The predicted octanol–water partition coefficient (Wildman–Crippen LogP) is 2.48. The number of carbonyl (C=O) groups excluding carboxylic acids is 1. The van der Waals surface area contributed by atoms with Gasteiger partial charge in [-0.15, -0.1) is 0 Å². The van der Waals surface area contributed by atoms with Crippen LogP contribution in [0.15, 0.2) is 24.5 Å². The largest absolute Gasteiger partial charge is 0.481 e. The van der Waals surface area contributed by atoms with Gasteiger partial charge < -0.3 is 15.7 Å². The van der Waals surface area contributed by atoms with E-state index in [-0.39, 0.29) is 24.0 Å². The molecule has 6 nitrogen and oxygen atoms in total. The molecule has 2 aliphatic carbocycles. The maximum atomic E-state index is 12.3. The van der Waals surface area contributed by atoms with Crippen LogP contribution in [0.3, 0.4) is 0 Å². The Morgan fingerprint density at radius 1 is 1.17 bits per heavy atom. The molecule has 2 aliphatic rings. The van der Waals surface area contributed by atoms with E-state index < -0.39 is 5.97 Å². The summed E-state index contributed by atoms with van der Waals surface area (Å²) in [4.78, 5) is 27.4. The van der Waals surface area contributed by atoms with Crippen molar-refractivity contribution in [2.45, 2.75) is 50.6 Å². The topological polar surface area (TPSA) is 91.3 Å². The van der Waals surface area contributed by atoms with E-state index in [1.807, 2.05) is 12.1 Å². The summed E-state index contributed by atoms with van der Waals surface area (Å²) in [7, 11) is 0. The van der Waals surface area contributed by atoms with Crippen LogP contribution >= 0.6 is 0 Å². The summed E-state index contributed by atoms with van der Waals surface area (Å²) in [5, 5.41) is 15.1. The molecular weight excluding hydrogens is 294 g/mol. The van der Waals surface area contributed by atoms with Crippen molar-refractivity contribution in [1.29, 1.82) is 0 Å². The second-order valence-electron chi connectivity index (χ2n) is 6.61. The number of carboxylic acids is 1. The zero-order valence-electron chi connectivity index (χ0n) is 13.1. The molecule has 0 radical (unpaired) electrons. The maximum Gasteiger partial charge on any atom is 0.315 e. The van der Waals surface area contributed by atoms with Gasteiger partial charge in [0.1, 0.15) is 0 Å². The number of nitrogens with zero attached hydrogens (tertiary/aromatic N) is 1. The summed E-state index contributed by atoms with van der Waals surface area (Å²) in [6, 6.07) is 3.80. The molecule has 3 rings (SSSR count). The minimum Gasteiger partial charge on any atom is -0.481 e. The number of amides is 2. The monoisotopic (exact) mass is 317 g/mol. The highest BCUT2D eigenvalue weighted by molar-refractivity contribution is 5.75. The van der Waals surface area contributed by atoms with Gasteiger partial charge in [-0.25, -0.2) is 4.79 Å². The van der Waals surface area contributed by atoms with Crippen LogP contribution in [0.4, 0.5) is 4.79 Å². The predicted molar refractivity (Wildman–Crippen MR) is 84.8 cm³/mol. The maximum absolute atomic E-state index is 12.3. The number of hydrogen-bond acceptors (Lipinski definition) is 3. The van der Waals surface area contributed by atoms with E-state index in [2.05, 4.69) is 15.6 Å². The third kappa shape index (κ3) is 4.21. The Hall–Kier alpha value is -2.11. The average molecular weight is 317 g/mol. The second-order valence-corrected chi connectivity index (χ2v) is 6.61. The number of pyridine rings is 1. The zero-order chi connectivity index (χ0) is 16.2. The zero-order valence-corrected chi connectivity index (χ0v) is 13.1. The Morgan fingerprint density at radius 3 is 2.48 bits per heavy atom. The van der Waals surface area contributed by atoms with Crippen molar-refractivity contribution in [3.05, 3.63) is 30.1 Å². The summed E-state index contributed by atoms with van der Waals surface area (Å²) >= 11 is 0. The fraction of sp³-hybridized carbons (Fsp3) is 0.588. The quantitative estimate of drug-likeness (QED) is 0.778. The van der Waals surface area contributed by atoms with Gasteiger partial charge in [-0.2, -0.15) is 0 Å². The lowest BCUT2D eigenvalue weighted by atomic mass is 9.86. The number of hydrogen-bond donors (Lipinski definition) is 3. The molecule has 0 aromatic carbocycles. The minimum atomic E-state index is -0.724. The van der Waals surface area contributed by atoms with E-state index in [1.54, 1.807) is 12.4 Å². The Kier molecular flexibility index (Phi) is 4.79. The number of urea groups is 1. The van der Waals surface area contributed by atoms with E-state index in [1.165, 1.54) is 0 Å². The van der Waals surface area contributed by atoms with E-state index in [4.69, 9.17) is 5.11 Å². The van der Waals surface area contributed by atoms with Gasteiger partial charge >= 0.3 is 12.0 Å². The molecule has 3 N–H and O–H groups in total. The molecule has 124 valence electrons. The highest BCUT2D eigenvalue weighted by atomic mass is 16.4. The van der Waals surface area contributed by atoms with E-state index in [0.717, 1.165) is 31.2 Å². The van der Waals surface area contributed by atoms with E-state index >= 15 is 0 Å². The highest BCUT2D eigenvalue weighted by Gasteiger charge is 2.34. The van der Waals surface area contributed by atoms with Crippen LogP contribution in [0.25, 0.3) is 0 Å². The fourth-order valence-corrected chi connectivity index (χ4v) is 3.32. The van der Waals surface area contributed by atoms with Gasteiger partial charge in [0.05, 0.1) is 12.0 Å².